The van der Waals surface area contributed by atoms with E-state index < -0.39 is 10.0 Å². The highest BCUT2D eigenvalue weighted by Gasteiger charge is 2.25. The second-order valence-electron chi connectivity index (χ2n) is 7.93. The fourth-order valence-electron chi connectivity index (χ4n) is 3.48. The standard InChI is InChI=1S/C22H28N4O4S/c1-25(2)20-10-6-16(7-11-20)21(27)23-18-12-14-26(15-13-18)22(28)17-4-8-19(9-5-17)24-31(3,29)30/h4-11,18,24H,12-15H2,1-3H3,(H,23,27). The average molecular weight is 445 g/mol. The Labute approximate surface area is 183 Å². The maximum Gasteiger partial charge on any atom is 0.253 e. The Hall–Kier alpha value is -3.07. The lowest BCUT2D eigenvalue weighted by Crippen LogP contribution is -2.46. The summed E-state index contributed by atoms with van der Waals surface area (Å²) in [7, 11) is 0.544. The second-order valence-corrected chi connectivity index (χ2v) is 9.68. The van der Waals surface area contributed by atoms with Crippen LogP contribution in [0.25, 0.3) is 0 Å². The molecule has 1 aliphatic rings. The van der Waals surface area contributed by atoms with Crippen LogP contribution in [0.1, 0.15) is 33.6 Å². The van der Waals surface area contributed by atoms with E-state index in [1.807, 2.05) is 43.3 Å². The number of hydrogen-bond acceptors (Lipinski definition) is 5. The van der Waals surface area contributed by atoms with E-state index in [0.717, 1.165) is 11.9 Å². The minimum absolute atomic E-state index is 0.0198. The number of carbonyl (C=O) groups is 2. The molecule has 0 aliphatic carbocycles. The third-order valence-corrected chi connectivity index (χ3v) is 5.80. The third-order valence-electron chi connectivity index (χ3n) is 5.20. The minimum atomic E-state index is -3.36. The number of amides is 2. The summed E-state index contributed by atoms with van der Waals surface area (Å²) in [4.78, 5) is 29.0. The van der Waals surface area contributed by atoms with Crippen molar-refractivity contribution >= 4 is 33.2 Å². The number of rotatable bonds is 6. The Kier molecular flexibility index (Phi) is 6.84. The van der Waals surface area contributed by atoms with Crippen LogP contribution in [0.4, 0.5) is 11.4 Å². The van der Waals surface area contributed by atoms with Gasteiger partial charge in [-0.25, -0.2) is 8.42 Å². The lowest BCUT2D eigenvalue weighted by Gasteiger charge is -2.32. The molecule has 3 rings (SSSR count). The second kappa shape index (κ2) is 9.38. The molecule has 1 saturated heterocycles. The zero-order valence-electron chi connectivity index (χ0n) is 18.0. The summed E-state index contributed by atoms with van der Waals surface area (Å²) in [6.45, 7) is 1.10. The lowest BCUT2D eigenvalue weighted by atomic mass is 10.0. The molecular weight excluding hydrogens is 416 g/mol. The summed E-state index contributed by atoms with van der Waals surface area (Å²) < 4.78 is 25.0. The molecule has 166 valence electrons. The van der Waals surface area contributed by atoms with Crippen molar-refractivity contribution < 1.29 is 18.0 Å². The maximum absolute atomic E-state index is 12.7. The van der Waals surface area contributed by atoms with Crippen LogP contribution in [-0.2, 0) is 10.0 Å². The van der Waals surface area contributed by atoms with Crippen molar-refractivity contribution in [1.29, 1.82) is 0 Å². The smallest absolute Gasteiger partial charge is 0.253 e. The van der Waals surface area contributed by atoms with E-state index >= 15 is 0 Å². The topological polar surface area (TPSA) is 98.8 Å². The normalized spacial score (nSPS) is 14.7. The Morgan fingerprint density at radius 1 is 0.935 bits per heavy atom. The van der Waals surface area contributed by atoms with Gasteiger partial charge in [0.25, 0.3) is 11.8 Å². The molecule has 0 atom stereocenters. The first-order valence-electron chi connectivity index (χ1n) is 10.1. The summed E-state index contributed by atoms with van der Waals surface area (Å²) >= 11 is 0. The molecule has 8 nitrogen and oxygen atoms in total. The van der Waals surface area contributed by atoms with Crippen molar-refractivity contribution in [1.82, 2.24) is 10.2 Å². The SMILES string of the molecule is CN(C)c1ccc(C(=O)NC2CCN(C(=O)c3ccc(NS(C)(=O)=O)cc3)CC2)cc1. The fraction of sp³-hybridized carbons (Fsp3) is 0.364. The summed E-state index contributed by atoms with van der Waals surface area (Å²) in [6, 6.07) is 13.8. The van der Waals surface area contributed by atoms with Gasteiger partial charge in [-0.15, -0.1) is 0 Å². The van der Waals surface area contributed by atoms with Crippen molar-refractivity contribution in [3.05, 3.63) is 59.7 Å². The maximum atomic E-state index is 12.7. The van der Waals surface area contributed by atoms with Crippen molar-refractivity contribution in [3.8, 4) is 0 Å². The van der Waals surface area contributed by atoms with Gasteiger partial charge >= 0.3 is 0 Å². The molecule has 0 saturated carbocycles. The molecule has 0 bridgehead atoms. The molecule has 0 unspecified atom stereocenters. The first-order chi connectivity index (χ1) is 14.6. The Morgan fingerprint density at radius 3 is 2.00 bits per heavy atom. The average Bonchev–Trinajstić information content (AvgIpc) is 2.73. The van der Waals surface area contributed by atoms with Gasteiger partial charge in [0.1, 0.15) is 0 Å². The highest BCUT2D eigenvalue weighted by atomic mass is 32.2. The van der Waals surface area contributed by atoms with Crippen molar-refractivity contribution in [3.63, 3.8) is 0 Å². The largest absolute Gasteiger partial charge is 0.378 e. The number of carbonyl (C=O) groups excluding carboxylic acids is 2. The molecule has 0 aromatic heterocycles. The molecule has 0 radical (unpaired) electrons. The van der Waals surface area contributed by atoms with E-state index in [1.54, 1.807) is 29.2 Å². The van der Waals surface area contributed by atoms with Crippen LogP contribution in [0.2, 0.25) is 0 Å². The van der Waals surface area contributed by atoms with Crippen LogP contribution in [0.5, 0.6) is 0 Å². The summed E-state index contributed by atoms with van der Waals surface area (Å²) in [6.07, 6.45) is 2.44. The van der Waals surface area contributed by atoms with E-state index in [0.29, 0.717) is 42.7 Å². The molecular formula is C22H28N4O4S. The first kappa shape index (κ1) is 22.6. The zero-order valence-corrected chi connectivity index (χ0v) is 18.8. The predicted octanol–water partition coefficient (Wildman–Crippen LogP) is 2.16. The van der Waals surface area contributed by atoms with Gasteiger partial charge in [0, 0.05) is 55.7 Å². The van der Waals surface area contributed by atoms with E-state index in [2.05, 4.69) is 10.0 Å². The molecule has 2 aromatic rings. The van der Waals surface area contributed by atoms with Gasteiger partial charge in [-0.1, -0.05) is 0 Å². The molecule has 2 amide bonds. The molecule has 1 heterocycles. The Morgan fingerprint density at radius 2 is 1.48 bits per heavy atom. The van der Waals surface area contributed by atoms with Crippen molar-refractivity contribution in [2.24, 2.45) is 0 Å². The summed E-state index contributed by atoms with van der Waals surface area (Å²) in [5, 5.41) is 3.06. The van der Waals surface area contributed by atoms with Crippen molar-refractivity contribution in [2.45, 2.75) is 18.9 Å². The number of likely N-dealkylation sites (tertiary alicyclic amines) is 1. The Balaban J connectivity index is 1.51. The number of nitrogens with zero attached hydrogens (tertiary/aromatic N) is 2. The van der Waals surface area contributed by atoms with E-state index in [-0.39, 0.29) is 17.9 Å². The molecule has 9 heteroatoms. The molecule has 1 aliphatic heterocycles. The van der Waals surface area contributed by atoms with Gasteiger partial charge in [0.05, 0.1) is 6.26 Å². The highest BCUT2D eigenvalue weighted by molar-refractivity contribution is 7.92. The van der Waals surface area contributed by atoms with Crippen LogP contribution in [0.3, 0.4) is 0 Å². The van der Waals surface area contributed by atoms with Crippen LogP contribution in [-0.4, -0.2) is 64.6 Å². The molecule has 31 heavy (non-hydrogen) atoms. The van der Waals surface area contributed by atoms with Crippen LogP contribution in [0, 0.1) is 0 Å². The van der Waals surface area contributed by atoms with E-state index in [9.17, 15) is 18.0 Å². The minimum Gasteiger partial charge on any atom is -0.378 e. The first-order valence-corrected chi connectivity index (χ1v) is 12.0. The Bertz CT molecular complexity index is 1030. The van der Waals surface area contributed by atoms with Gasteiger partial charge < -0.3 is 15.1 Å². The van der Waals surface area contributed by atoms with Crippen LogP contribution in [0.15, 0.2) is 48.5 Å². The number of anilines is 2. The van der Waals surface area contributed by atoms with E-state index in [4.69, 9.17) is 0 Å². The van der Waals surface area contributed by atoms with Gasteiger partial charge in [-0.05, 0) is 61.4 Å². The van der Waals surface area contributed by atoms with E-state index in [1.165, 1.54) is 0 Å². The van der Waals surface area contributed by atoms with Gasteiger partial charge in [-0.3, -0.25) is 14.3 Å². The number of nitrogens with one attached hydrogen (secondary N) is 2. The number of sulfonamides is 1. The molecule has 1 fully saturated rings. The van der Waals surface area contributed by atoms with Gasteiger partial charge in [-0.2, -0.15) is 0 Å². The quantitative estimate of drug-likeness (QED) is 0.711. The van der Waals surface area contributed by atoms with Crippen molar-refractivity contribution in [2.75, 3.05) is 43.1 Å². The third kappa shape index (κ3) is 6.21. The van der Waals surface area contributed by atoms with Gasteiger partial charge in [0.15, 0.2) is 0 Å². The van der Waals surface area contributed by atoms with Gasteiger partial charge in [0.2, 0.25) is 10.0 Å². The lowest BCUT2D eigenvalue weighted by molar-refractivity contribution is 0.0698. The summed E-state index contributed by atoms with van der Waals surface area (Å²) in [5.41, 5.74) is 2.57. The van der Waals surface area contributed by atoms with Crippen LogP contribution < -0.4 is 14.9 Å². The number of piperidine rings is 1. The summed E-state index contributed by atoms with van der Waals surface area (Å²) in [5.74, 6) is -0.209. The molecule has 0 spiro atoms. The molecule has 2 N–H and O–H groups in total. The fourth-order valence-corrected chi connectivity index (χ4v) is 4.05. The monoisotopic (exact) mass is 444 g/mol. The molecule has 2 aromatic carbocycles. The van der Waals surface area contributed by atoms with Crippen LogP contribution >= 0.6 is 0 Å². The predicted molar refractivity (Wildman–Crippen MR) is 122 cm³/mol. The number of hydrogen-bond donors (Lipinski definition) is 2. The highest BCUT2D eigenvalue weighted by Crippen LogP contribution is 2.18. The zero-order chi connectivity index (χ0) is 22.6. The number of benzene rings is 2.